The van der Waals surface area contributed by atoms with E-state index in [-0.39, 0.29) is 18.2 Å². The molecule has 2 aliphatic rings. The highest BCUT2D eigenvalue weighted by atomic mass is 16.5. The van der Waals surface area contributed by atoms with Gasteiger partial charge >= 0.3 is 5.97 Å². The number of likely N-dealkylation sites (N-methyl/N-ethyl adjacent to an activating group) is 1. The standard InChI is InChI=1S/C16H29NO4/c1-4-20-15(18)16(17-2,12-8-9-12)11-21-14-7-5-6-13(10-14)19-3/h12-14,17H,4-11H2,1-3H3. The number of carbonyl (C=O) groups is 1. The van der Waals surface area contributed by atoms with Gasteiger partial charge in [0.25, 0.3) is 0 Å². The van der Waals surface area contributed by atoms with E-state index in [1.54, 1.807) is 7.11 Å². The SMILES string of the molecule is CCOC(=O)C(COC1CCCC(OC)C1)(NC)C1CC1. The van der Waals surface area contributed by atoms with E-state index < -0.39 is 5.54 Å². The highest BCUT2D eigenvalue weighted by Gasteiger charge is 2.51. The first-order valence-electron chi connectivity index (χ1n) is 8.16. The molecular formula is C16H29NO4. The van der Waals surface area contributed by atoms with Gasteiger partial charge in [0, 0.05) is 7.11 Å². The fourth-order valence-electron chi connectivity index (χ4n) is 3.27. The Morgan fingerprint density at radius 2 is 1.95 bits per heavy atom. The van der Waals surface area contributed by atoms with Gasteiger partial charge in [0.05, 0.1) is 25.4 Å². The van der Waals surface area contributed by atoms with Crippen LogP contribution in [0.2, 0.25) is 0 Å². The third-order valence-corrected chi connectivity index (χ3v) is 4.82. The molecular weight excluding hydrogens is 270 g/mol. The molecule has 2 aliphatic carbocycles. The molecule has 0 spiro atoms. The van der Waals surface area contributed by atoms with Crippen LogP contribution in [-0.2, 0) is 19.0 Å². The molecule has 0 aromatic rings. The Bertz CT molecular complexity index is 345. The number of hydrogen-bond acceptors (Lipinski definition) is 5. The van der Waals surface area contributed by atoms with E-state index in [0.717, 1.165) is 38.5 Å². The maximum Gasteiger partial charge on any atom is 0.329 e. The van der Waals surface area contributed by atoms with Gasteiger partial charge in [-0.05, 0) is 58.4 Å². The number of carbonyl (C=O) groups excluding carboxylic acids is 1. The molecule has 21 heavy (non-hydrogen) atoms. The Morgan fingerprint density at radius 1 is 1.24 bits per heavy atom. The summed E-state index contributed by atoms with van der Waals surface area (Å²) in [5.41, 5.74) is -0.671. The van der Waals surface area contributed by atoms with Gasteiger partial charge < -0.3 is 19.5 Å². The topological polar surface area (TPSA) is 56.8 Å². The second kappa shape index (κ2) is 7.56. The first-order chi connectivity index (χ1) is 10.2. The summed E-state index contributed by atoms with van der Waals surface area (Å²) in [7, 11) is 3.59. The van der Waals surface area contributed by atoms with Crippen molar-refractivity contribution in [3.8, 4) is 0 Å². The first-order valence-corrected chi connectivity index (χ1v) is 8.16. The average molecular weight is 299 g/mol. The Kier molecular flexibility index (Phi) is 6.02. The van der Waals surface area contributed by atoms with Gasteiger partial charge in [-0.3, -0.25) is 0 Å². The van der Waals surface area contributed by atoms with E-state index >= 15 is 0 Å². The van der Waals surface area contributed by atoms with E-state index in [0.29, 0.717) is 19.1 Å². The van der Waals surface area contributed by atoms with Crippen molar-refractivity contribution in [3.63, 3.8) is 0 Å². The summed E-state index contributed by atoms with van der Waals surface area (Å²) in [6, 6.07) is 0. The van der Waals surface area contributed by atoms with Crippen LogP contribution in [0.3, 0.4) is 0 Å². The minimum Gasteiger partial charge on any atom is -0.465 e. The highest BCUT2D eigenvalue weighted by Crippen LogP contribution is 2.41. The summed E-state index contributed by atoms with van der Waals surface area (Å²) in [4.78, 5) is 12.4. The van der Waals surface area contributed by atoms with Crippen molar-refractivity contribution in [2.45, 2.75) is 63.2 Å². The van der Waals surface area contributed by atoms with Gasteiger partial charge in [0.2, 0.25) is 0 Å². The summed E-state index contributed by atoms with van der Waals surface area (Å²) in [5, 5.41) is 3.20. The molecule has 0 aromatic heterocycles. The van der Waals surface area contributed by atoms with Gasteiger partial charge in [-0.25, -0.2) is 4.79 Å². The summed E-state index contributed by atoms with van der Waals surface area (Å²) < 4.78 is 16.8. The lowest BCUT2D eigenvalue weighted by molar-refractivity contribution is -0.157. The number of rotatable bonds is 8. The molecule has 0 amide bonds. The summed E-state index contributed by atoms with van der Waals surface area (Å²) >= 11 is 0. The second-order valence-electron chi connectivity index (χ2n) is 6.17. The van der Waals surface area contributed by atoms with Crippen molar-refractivity contribution in [3.05, 3.63) is 0 Å². The van der Waals surface area contributed by atoms with E-state index in [2.05, 4.69) is 5.32 Å². The number of nitrogens with one attached hydrogen (secondary N) is 1. The fraction of sp³-hybridized carbons (Fsp3) is 0.938. The number of ether oxygens (including phenoxy) is 3. The molecule has 0 radical (unpaired) electrons. The van der Waals surface area contributed by atoms with Gasteiger partial charge in [0.1, 0.15) is 5.54 Å². The molecule has 3 unspecified atom stereocenters. The molecule has 0 saturated heterocycles. The lowest BCUT2D eigenvalue weighted by Crippen LogP contribution is -2.57. The van der Waals surface area contributed by atoms with Crippen molar-refractivity contribution in [1.29, 1.82) is 0 Å². The van der Waals surface area contributed by atoms with Crippen molar-refractivity contribution in [2.75, 3.05) is 27.4 Å². The summed E-state index contributed by atoms with van der Waals surface area (Å²) in [5.74, 6) is 0.164. The zero-order valence-corrected chi connectivity index (χ0v) is 13.5. The molecule has 0 heterocycles. The minimum absolute atomic E-state index is 0.172. The van der Waals surface area contributed by atoms with Crippen LogP contribution in [0, 0.1) is 5.92 Å². The quantitative estimate of drug-likeness (QED) is 0.694. The highest BCUT2D eigenvalue weighted by molar-refractivity contribution is 5.82. The van der Waals surface area contributed by atoms with Gasteiger partial charge in [-0.2, -0.15) is 0 Å². The van der Waals surface area contributed by atoms with E-state index in [1.807, 2.05) is 14.0 Å². The van der Waals surface area contributed by atoms with Crippen LogP contribution in [0.4, 0.5) is 0 Å². The van der Waals surface area contributed by atoms with E-state index in [4.69, 9.17) is 14.2 Å². The molecule has 1 N–H and O–H groups in total. The van der Waals surface area contributed by atoms with Gasteiger partial charge in [0.15, 0.2) is 0 Å². The third kappa shape index (κ3) is 3.96. The Balaban J connectivity index is 1.94. The maximum absolute atomic E-state index is 12.4. The molecule has 122 valence electrons. The normalized spacial score (nSPS) is 28.9. The van der Waals surface area contributed by atoms with Crippen LogP contribution in [0.25, 0.3) is 0 Å². The first kappa shape index (κ1) is 16.7. The molecule has 0 aliphatic heterocycles. The smallest absolute Gasteiger partial charge is 0.329 e. The largest absolute Gasteiger partial charge is 0.465 e. The van der Waals surface area contributed by atoms with E-state index in [9.17, 15) is 4.79 Å². The molecule has 0 aromatic carbocycles. The number of hydrogen-bond donors (Lipinski definition) is 1. The van der Waals surface area contributed by atoms with Crippen LogP contribution in [-0.4, -0.2) is 51.1 Å². The molecule has 2 fully saturated rings. The second-order valence-corrected chi connectivity index (χ2v) is 6.17. The Labute approximate surface area is 127 Å². The van der Waals surface area contributed by atoms with Crippen LogP contribution >= 0.6 is 0 Å². The molecule has 3 atom stereocenters. The number of methoxy groups -OCH3 is 1. The number of esters is 1. The Morgan fingerprint density at radius 3 is 2.52 bits per heavy atom. The van der Waals surface area contributed by atoms with Crippen LogP contribution in [0.15, 0.2) is 0 Å². The van der Waals surface area contributed by atoms with Crippen molar-refractivity contribution >= 4 is 5.97 Å². The van der Waals surface area contributed by atoms with Crippen molar-refractivity contribution < 1.29 is 19.0 Å². The molecule has 5 nitrogen and oxygen atoms in total. The van der Waals surface area contributed by atoms with Gasteiger partial charge in [-0.1, -0.05) is 0 Å². The molecule has 2 rings (SSSR count). The maximum atomic E-state index is 12.4. The molecule has 2 saturated carbocycles. The van der Waals surface area contributed by atoms with Crippen molar-refractivity contribution in [2.24, 2.45) is 5.92 Å². The molecule has 0 bridgehead atoms. The van der Waals surface area contributed by atoms with E-state index in [1.165, 1.54) is 0 Å². The predicted molar refractivity (Wildman–Crippen MR) is 80.2 cm³/mol. The average Bonchev–Trinajstić information content (AvgIpc) is 3.34. The summed E-state index contributed by atoms with van der Waals surface area (Å²) in [6.45, 7) is 2.65. The van der Waals surface area contributed by atoms with Crippen molar-refractivity contribution in [1.82, 2.24) is 5.32 Å². The fourth-order valence-corrected chi connectivity index (χ4v) is 3.27. The van der Waals surface area contributed by atoms with Crippen LogP contribution in [0.1, 0.15) is 45.4 Å². The monoisotopic (exact) mass is 299 g/mol. The van der Waals surface area contributed by atoms with Crippen LogP contribution < -0.4 is 5.32 Å². The lowest BCUT2D eigenvalue weighted by Gasteiger charge is -2.34. The zero-order chi connectivity index (χ0) is 15.3. The third-order valence-electron chi connectivity index (χ3n) is 4.82. The Hall–Kier alpha value is -0.650. The summed E-state index contributed by atoms with van der Waals surface area (Å²) in [6.07, 6.45) is 6.80. The van der Waals surface area contributed by atoms with Crippen LogP contribution in [0.5, 0.6) is 0 Å². The minimum atomic E-state index is -0.671. The predicted octanol–water partition coefficient (Wildman–Crippen LogP) is 1.89. The zero-order valence-electron chi connectivity index (χ0n) is 13.5. The van der Waals surface area contributed by atoms with Gasteiger partial charge in [-0.15, -0.1) is 0 Å². The molecule has 5 heteroatoms. The lowest BCUT2D eigenvalue weighted by atomic mass is 9.92.